The predicted octanol–water partition coefficient (Wildman–Crippen LogP) is 1.84. The zero-order valence-electron chi connectivity index (χ0n) is 15.6. The van der Waals surface area contributed by atoms with E-state index in [-0.39, 0.29) is 6.54 Å². The van der Waals surface area contributed by atoms with Crippen molar-refractivity contribution in [1.82, 2.24) is 15.6 Å². The van der Waals surface area contributed by atoms with Gasteiger partial charge in [-0.05, 0) is 24.3 Å². The minimum atomic E-state index is -1.16. The summed E-state index contributed by atoms with van der Waals surface area (Å²) in [5, 5.41) is 14.0. The number of benzene rings is 2. The number of aromatic nitrogens is 1. The Bertz CT molecular complexity index is 1080. The Morgan fingerprint density at radius 1 is 1.00 bits per heavy atom. The molecule has 0 spiro atoms. The van der Waals surface area contributed by atoms with Gasteiger partial charge >= 0.3 is 5.97 Å². The molecule has 8 nitrogen and oxygen atoms in total. The first-order chi connectivity index (χ1) is 14.0. The van der Waals surface area contributed by atoms with Crippen LogP contribution in [0.25, 0.3) is 22.2 Å². The third-order valence-corrected chi connectivity index (χ3v) is 4.17. The van der Waals surface area contributed by atoms with Crippen molar-refractivity contribution < 1.29 is 24.2 Å². The van der Waals surface area contributed by atoms with Crippen LogP contribution in [0.1, 0.15) is 10.4 Å². The highest BCUT2D eigenvalue weighted by molar-refractivity contribution is 6.08. The van der Waals surface area contributed by atoms with Crippen molar-refractivity contribution in [1.29, 1.82) is 0 Å². The average molecular weight is 393 g/mol. The molecule has 3 rings (SSSR count). The first-order valence-corrected chi connectivity index (χ1v) is 8.79. The molecule has 29 heavy (non-hydrogen) atoms. The SMILES string of the molecule is COc1cccc(-c2cc(C(=O)NCC(=O)NCC(=O)O)c3ccccc3n2)c1. The minimum absolute atomic E-state index is 0.336. The summed E-state index contributed by atoms with van der Waals surface area (Å²) >= 11 is 0. The smallest absolute Gasteiger partial charge is 0.322 e. The molecule has 1 aromatic heterocycles. The molecule has 0 atom stereocenters. The van der Waals surface area contributed by atoms with Gasteiger partial charge in [0.15, 0.2) is 0 Å². The lowest BCUT2D eigenvalue weighted by atomic mass is 10.0. The zero-order valence-corrected chi connectivity index (χ0v) is 15.6. The average Bonchev–Trinajstić information content (AvgIpc) is 2.75. The number of carboxylic acid groups (broad SMARTS) is 1. The van der Waals surface area contributed by atoms with Crippen LogP contribution in [0.15, 0.2) is 54.6 Å². The van der Waals surface area contributed by atoms with Crippen LogP contribution in [0.5, 0.6) is 5.75 Å². The number of methoxy groups -OCH3 is 1. The van der Waals surface area contributed by atoms with Gasteiger partial charge < -0.3 is 20.5 Å². The molecule has 0 bridgehead atoms. The number of amides is 2. The number of carbonyl (C=O) groups is 3. The molecule has 0 aliphatic rings. The first-order valence-electron chi connectivity index (χ1n) is 8.79. The molecule has 3 N–H and O–H groups in total. The van der Waals surface area contributed by atoms with Gasteiger partial charge in [0, 0.05) is 10.9 Å². The van der Waals surface area contributed by atoms with Gasteiger partial charge in [0.1, 0.15) is 12.3 Å². The van der Waals surface area contributed by atoms with E-state index in [1.54, 1.807) is 31.4 Å². The van der Waals surface area contributed by atoms with E-state index in [1.165, 1.54) is 0 Å². The van der Waals surface area contributed by atoms with E-state index in [2.05, 4.69) is 15.6 Å². The second-order valence-electron chi connectivity index (χ2n) is 6.16. The number of hydrogen-bond acceptors (Lipinski definition) is 5. The summed E-state index contributed by atoms with van der Waals surface area (Å²) in [7, 11) is 1.57. The lowest BCUT2D eigenvalue weighted by molar-refractivity contribution is -0.137. The second-order valence-corrected chi connectivity index (χ2v) is 6.16. The number of fused-ring (bicyclic) bond motifs is 1. The van der Waals surface area contributed by atoms with Crippen LogP contribution in [0.4, 0.5) is 0 Å². The van der Waals surface area contributed by atoms with Crippen molar-refractivity contribution >= 4 is 28.7 Å². The number of pyridine rings is 1. The van der Waals surface area contributed by atoms with E-state index in [1.807, 2.05) is 30.3 Å². The molecule has 1 heterocycles. The molecule has 0 fully saturated rings. The van der Waals surface area contributed by atoms with Gasteiger partial charge in [-0.25, -0.2) is 4.98 Å². The highest BCUT2D eigenvalue weighted by atomic mass is 16.5. The van der Waals surface area contributed by atoms with Crippen molar-refractivity contribution in [2.75, 3.05) is 20.2 Å². The van der Waals surface area contributed by atoms with Crippen molar-refractivity contribution in [2.24, 2.45) is 0 Å². The molecule has 8 heteroatoms. The van der Waals surface area contributed by atoms with E-state index in [0.29, 0.717) is 27.9 Å². The standard InChI is InChI=1S/C21H19N3O5/c1-29-14-6-4-5-13(9-14)18-10-16(15-7-2-3-8-17(15)24-18)21(28)23-11-19(25)22-12-20(26)27/h2-10H,11-12H2,1H3,(H,22,25)(H,23,28)(H,26,27). The number of carbonyl (C=O) groups excluding carboxylic acids is 2. The van der Waals surface area contributed by atoms with Crippen molar-refractivity contribution in [3.05, 3.63) is 60.2 Å². The van der Waals surface area contributed by atoms with Crippen molar-refractivity contribution in [2.45, 2.75) is 0 Å². The topological polar surface area (TPSA) is 118 Å². The second kappa shape index (κ2) is 8.83. The Labute approximate surface area is 166 Å². The summed E-state index contributed by atoms with van der Waals surface area (Å²) in [6.07, 6.45) is 0. The largest absolute Gasteiger partial charge is 0.497 e. The van der Waals surface area contributed by atoms with Crippen LogP contribution in [0, 0.1) is 0 Å². The van der Waals surface area contributed by atoms with Crippen LogP contribution in [0.3, 0.4) is 0 Å². The van der Waals surface area contributed by atoms with Gasteiger partial charge in [0.05, 0.1) is 30.4 Å². The summed E-state index contributed by atoms with van der Waals surface area (Å²) < 4.78 is 5.25. The van der Waals surface area contributed by atoms with Crippen LogP contribution in [-0.2, 0) is 9.59 Å². The van der Waals surface area contributed by atoms with Crippen LogP contribution in [-0.4, -0.2) is 48.1 Å². The van der Waals surface area contributed by atoms with Gasteiger partial charge in [-0.2, -0.15) is 0 Å². The minimum Gasteiger partial charge on any atom is -0.497 e. The van der Waals surface area contributed by atoms with E-state index in [9.17, 15) is 14.4 Å². The lowest BCUT2D eigenvalue weighted by Crippen LogP contribution is -2.39. The van der Waals surface area contributed by atoms with Gasteiger partial charge in [-0.15, -0.1) is 0 Å². The Balaban J connectivity index is 1.90. The van der Waals surface area contributed by atoms with E-state index >= 15 is 0 Å². The molecule has 0 saturated carbocycles. The lowest BCUT2D eigenvalue weighted by Gasteiger charge is -2.11. The fourth-order valence-corrected chi connectivity index (χ4v) is 2.79. The summed E-state index contributed by atoms with van der Waals surface area (Å²) in [6.45, 7) is -0.843. The molecule has 0 aliphatic carbocycles. The van der Waals surface area contributed by atoms with E-state index in [4.69, 9.17) is 9.84 Å². The molecule has 0 aliphatic heterocycles. The first kappa shape index (κ1) is 19.8. The van der Waals surface area contributed by atoms with Crippen molar-refractivity contribution in [3.63, 3.8) is 0 Å². The molecule has 2 amide bonds. The van der Waals surface area contributed by atoms with Gasteiger partial charge in [0.2, 0.25) is 5.91 Å². The fourth-order valence-electron chi connectivity index (χ4n) is 2.79. The van der Waals surface area contributed by atoms with E-state index < -0.39 is 24.3 Å². The van der Waals surface area contributed by atoms with Gasteiger partial charge in [-0.3, -0.25) is 14.4 Å². The zero-order chi connectivity index (χ0) is 20.8. The maximum atomic E-state index is 12.7. The quantitative estimate of drug-likeness (QED) is 0.564. The van der Waals surface area contributed by atoms with Crippen LogP contribution in [0.2, 0.25) is 0 Å². The molecular formula is C21H19N3O5. The maximum absolute atomic E-state index is 12.7. The molecular weight excluding hydrogens is 374 g/mol. The highest BCUT2D eigenvalue weighted by Crippen LogP contribution is 2.27. The maximum Gasteiger partial charge on any atom is 0.322 e. The highest BCUT2D eigenvalue weighted by Gasteiger charge is 2.15. The predicted molar refractivity (Wildman–Crippen MR) is 107 cm³/mol. The monoisotopic (exact) mass is 393 g/mol. The third kappa shape index (κ3) is 4.86. The number of aliphatic carboxylic acids is 1. The summed E-state index contributed by atoms with van der Waals surface area (Å²) in [5.41, 5.74) is 2.36. The Morgan fingerprint density at radius 3 is 2.55 bits per heavy atom. The van der Waals surface area contributed by atoms with E-state index in [0.717, 1.165) is 5.56 Å². The van der Waals surface area contributed by atoms with Crippen molar-refractivity contribution in [3.8, 4) is 17.0 Å². The number of para-hydroxylation sites is 1. The molecule has 148 valence electrons. The normalized spacial score (nSPS) is 10.4. The number of rotatable bonds is 7. The summed E-state index contributed by atoms with van der Waals surface area (Å²) in [6, 6.07) is 16.2. The Morgan fingerprint density at radius 2 is 1.79 bits per heavy atom. The number of ether oxygens (including phenoxy) is 1. The molecule has 3 aromatic rings. The third-order valence-electron chi connectivity index (χ3n) is 4.17. The van der Waals surface area contributed by atoms with Crippen LogP contribution >= 0.6 is 0 Å². The summed E-state index contributed by atoms with van der Waals surface area (Å²) in [4.78, 5) is 39.6. The Hall–Kier alpha value is -3.94. The van der Waals surface area contributed by atoms with Gasteiger partial charge in [0.25, 0.3) is 5.91 Å². The number of carboxylic acids is 1. The number of nitrogens with one attached hydrogen (secondary N) is 2. The van der Waals surface area contributed by atoms with Gasteiger partial charge in [-0.1, -0.05) is 30.3 Å². The molecule has 0 saturated heterocycles. The number of hydrogen-bond donors (Lipinski definition) is 3. The Kier molecular flexibility index (Phi) is 6.03. The molecule has 0 radical (unpaired) electrons. The molecule has 2 aromatic carbocycles. The number of nitrogens with zero attached hydrogens (tertiary/aromatic N) is 1. The van der Waals surface area contributed by atoms with Crippen LogP contribution < -0.4 is 15.4 Å². The summed E-state index contributed by atoms with van der Waals surface area (Å²) in [5.74, 6) is -1.54. The fraction of sp³-hybridized carbons (Fsp3) is 0.143. The molecule has 0 unspecified atom stereocenters.